The van der Waals surface area contributed by atoms with Crippen LogP contribution in [0.3, 0.4) is 0 Å². The van der Waals surface area contributed by atoms with Crippen LogP contribution in [0.1, 0.15) is 42.4 Å². The lowest BCUT2D eigenvalue weighted by Gasteiger charge is -2.16. The second-order valence-corrected chi connectivity index (χ2v) is 6.13. The van der Waals surface area contributed by atoms with Crippen LogP contribution in [0.5, 0.6) is 0 Å². The van der Waals surface area contributed by atoms with Crippen LogP contribution in [0.15, 0.2) is 41.1 Å². The van der Waals surface area contributed by atoms with Gasteiger partial charge in [-0.25, -0.2) is 9.78 Å². The Morgan fingerprint density at radius 2 is 2.14 bits per heavy atom. The quantitative estimate of drug-likeness (QED) is 0.942. The lowest BCUT2D eigenvalue weighted by molar-refractivity contribution is 0.221. The predicted molar refractivity (Wildman–Crippen MR) is 82.9 cm³/mol. The molecule has 22 heavy (non-hydrogen) atoms. The number of aromatic nitrogens is 1. The van der Waals surface area contributed by atoms with Crippen LogP contribution in [0.4, 0.5) is 10.6 Å². The molecule has 5 nitrogen and oxygen atoms in total. The molecule has 0 spiro atoms. The van der Waals surface area contributed by atoms with E-state index >= 15 is 0 Å². The highest BCUT2D eigenvalue weighted by Gasteiger charge is 2.29. The fraction of sp³-hybridized carbons (Fsp3) is 0.412. The fourth-order valence-corrected chi connectivity index (χ4v) is 3.03. The van der Waals surface area contributed by atoms with Gasteiger partial charge in [0.15, 0.2) is 0 Å². The fourth-order valence-electron chi connectivity index (χ4n) is 3.03. The van der Waals surface area contributed by atoms with E-state index in [-0.39, 0.29) is 6.03 Å². The van der Waals surface area contributed by atoms with E-state index in [1.54, 1.807) is 6.26 Å². The zero-order chi connectivity index (χ0) is 14.9. The number of urea groups is 1. The number of anilines is 1. The van der Waals surface area contributed by atoms with E-state index in [0.29, 0.717) is 24.2 Å². The van der Waals surface area contributed by atoms with Crippen LogP contribution in [0.2, 0.25) is 0 Å². The number of likely N-dealkylation sites (tertiary alicyclic amines) is 1. The predicted octanol–water partition coefficient (Wildman–Crippen LogP) is 3.57. The Kier molecular flexibility index (Phi) is 3.33. The SMILES string of the molecule is O=C(Nc1ccc(C2CC2)cn1)N1CCC(c2ccco2)C1. The van der Waals surface area contributed by atoms with Gasteiger partial charge in [0.2, 0.25) is 0 Å². The van der Waals surface area contributed by atoms with Crippen molar-refractivity contribution >= 4 is 11.8 Å². The van der Waals surface area contributed by atoms with E-state index < -0.39 is 0 Å². The molecule has 0 aromatic carbocycles. The summed E-state index contributed by atoms with van der Waals surface area (Å²) in [6, 6.07) is 7.75. The third kappa shape index (κ3) is 2.71. The molecule has 114 valence electrons. The zero-order valence-corrected chi connectivity index (χ0v) is 12.4. The van der Waals surface area contributed by atoms with Crippen LogP contribution in [0, 0.1) is 0 Å². The maximum absolute atomic E-state index is 12.3. The number of pyridine rings is 1. The molecule has 1 atom stereocenters. The molecule has 1 saturated carbocycles. The molecule has 2 aromatic rings. The highest BCUT2D eigenvalue weighted by molar-refractivity contribution is 5.88. The molecule has 1 N–H and O–H groups in total. The van der Waals surface area contributed by atoms with Gasteiger partial charge in [-0.05, 0) is 48.9 Å². The van der Waals surface area contributed by atoms with Crippen molar-refractivity contribution in [3.8, 4) is 0 Å². The Labute approximate surface area is 129 Å². The Bertz CT molecular complexity index is 647. The molecule has 2 aromatic heterocycles. The number of furan rings is 1. The van der Waals surface area contributed by atoms with Crippen LogP contribution in [-0.4, -0.2) is 29.0 Å². The van der Waals surface area contributed by atoms with E-state index in [2.05, 4.69) is 16.4 Å². The minimum absolute atomic E-state index is 0.0827. The van der Waals surface area contributed by atoms with E-state index in [1.807, 2.05) is 29.3 Å². The third-order valence-electron chi connectivity index (χ3n) is 4.49. The first-order valence-electron chi connectivity index (χ1n) is 7.85. The smallest absolute Gasteiger partial charge is 0.323 e. The van der Waals surface area contributed by atoms with E-state index in [9.17, 15) is 4.79 Å². The van der Waals surface area contributed by atoms with Gasteiger partial charge in [0.05, 0.1) is 6.26 Å². The molecular formula is C17H19N3O2. The Balaban J connectivity index is 1.36. The van der Waals surface area contributed by atoms with Crippen molar-refractivity contribution in [2.45, 2.75) is 31.1 Å². The van der Waals surface area contributed by atoms with Gasteiger partial charge < -0.3 is 9.32 Å². The minimum Gasteiger partial charge on any atom is -0.469 e. The molecule has 0 bridgehead atoms. The van der Waals surface area contributed by atoms with E-state index in [1.165, 1.54) is 18.4 Å². The van der Waals surface area contributed by atoms with Gasteiger partial charge in [-0.2, -0.15) is 0 Å². The lowest BCUT2D eigenvalue weighted by Crippen LogP contribution is -2.33. The normalized spacial score (nSPS) is 21.1. The van der Waals surface area contributed by atoms with Crippen LogP contribution < -0.4 is 5.32 Å². The Morgan fingerprint density at radius 3 is 2.82 bits per heavy atom. The molecule has 2 fully saturated rings. The standard InChI is InChI=1S/C17H19N3O2/c21-17(19-16-6-5-13(10-18-16)12-3-4-12)20-8-7-14(11-20)15-2-1-9-22-15/h1-2,5-6,9-10,12,14H,3-4,7-8,11H2,(H,18,19,21). The first-order valence-corrected chi connectivity index (χ1v) is 7.85. The summed E-state index contributed by atoms with van der Waals surface area (Å²) in [6.07, 6.45) is 7.02. The van der Waals surface area contributed by atoms with Gasteiger partial charge in [0.1, 0.15) is 11.6 Å². The summed E-state index contributed by atoms with van der Waals surface area (Å²) >= 11 is 0. The highest BCUT2D eigenvalue weighted by Crippen LogP contribution is 2.39. The number of nitrogens with zero attached hydrogens (tertiary/aromatic N) is 2. The lowest BCUT2D eigenvalue weighted by atomic mass is 10.1. The number of amides is 2. The number of rotatable bonds is 3. The highest BCUT2D eigenvalue weighted by atomic mass is 16.3. The van der Waals surface area contributed by atoms with Crippen molar-refractivity contribution in [3.63, 3.8) is 0 Å². The van der Waals surface area contributed by atoms with Crippen molar-refractivity contribution in [1.82, 2.24) is 9.88 Å². The number of carbonyl (C=O) groups excluding carboxylic acids is 1. The summed E-state index contributed by atoms with van der Waals surface area (Å²) in [6.45, 7) is 1.44. The van der Waals surface area contributed by atoms with E-state index in [4.69, 9.17) is 4.42 Å². The third-order valence-corrected chi connectivity index (χ3v) is 4.49. The summed E-state index contributed by atoms with van der Waals surface area (Å²) in [5, 5.41) is 2.88. The van der Waals surface area contributed by atoms with Crippen molar-refractivity contribution in [1.29, 1.82) is 0 Å². The molecule has 2 amide bonds. The van der Waals surface area contributed by atoms with Gasteiger partial charge in [-0.15, -0.1) is 0 Å². The topological polar surface area (TPSA) is 58.4 Å². The van der Waals surface area contributed by atoms with Gasteiger partial charge in [-0.1, -0.05) is 6.07 Å². The molecule has 1 saturated heterocycles. The average molecular weight is 297 g/mol. The largest absolute Gasteiger partial charge is 0.469 e. The van der Waals surface area contributed by atoms with Gasteiger partial charge in [0, 0.05) is 25.2 Å². The summed E-state index contributed by atoms with van der Waals surface area (Å²) < 4.78 is 5.43. The van der Waals surface area contributed by atoms with Gasteiger partial charge in [-0.3, -0.25) is 5.32 Å². The maximum atomic E-state index is 12.3. The summed E-state index contributed by atoms with van der Waals surface area (Å²) in [5.74, 6) is 2.56. The second kappa shape index (κ2) is 5.48. The molecule has 4 rings (SSSR count). The summed E-state index contributed by atoms with van der Waals surface area (Å²) in [7, 11) is 0. The molecule has 2 aliphatic rings. The van der Waals surface area contributed by atoms with Crippen molar-refractivity contribution in [2.24, 2.45) is 0 Å². The molecule has 1 aliphatic carbocycles. The molecule has 3 heterocycles. The van der Waals surface area contributed by atoms with Crippen molar-refractivity contribution in [3.05, 3.63) is 48.0 Å². The number of hydrogen-bond donors (Lipinski definition) is 1. The van der Waals surface area contributed by atoms with Gasteiger partial charge >= 0.3 is 6.03 Å². The van der Waals surface area contributed by atoms with E-state index in [0.717, 1.165) is 18.7 Å². The number of hydrogen-bond acceptors (Lipinski definition) is 3. The van der Waals surface area contributed by atoms with Crippen LogP contribution in [0.25, 0.3) is 0 Å². The van der Waals surface area contributed by atoms with Crippen LogP contribution in [-0.2, 0) is 0 Å². The molecule has 5 heteroatoms. The Hall–Kier alpha value is -2.30. The molecule has 1 unspecified atom stereocenters. The molecule has 1 aliphatic heterocycles. The van der Waals surface area contributed by atoms with Gasteiger partial charge in [0.25, 0.3) is 0 Å². The van der Waals surface area contributed by atoms with Crippen molar-refractivity contribution < 1.29 is 9.21 Å². The summed E-state index contributed by atoms with van der Waals surface area (Å²) in [4.78, 5) is 18.5. The first-order chi connectivity index (χ1) is 10.8. The monoisotopic (exact) mass is 297 g/mol. The maximum Gasteiger partial charge on any atom is 0.323 e. The zero-order valence-electron chi connectivity index (χ0n) is 12.4. The first kappa shape index (κ1) is 13.4. The second-order valence-electron chi connectivity index (χ2n) is 6.13. The summed E-state index contributed by atoms with van der Waals surface area (Å²) in [5.41, 5.74) is 1.28. The number of nitrogens with one attached hydrogen (secondary N) is 1. The number of carbonyl (C=O) groups is 1. The minimum atomic E-state index is -0.0827. The van der Waals surface area contributed by atoms with Crippen LogP contribution >= 0.6 is 0 Å². The average Bonchev–Trinajstić information content (AvgIpc) is 3.04. The molecule has 0 radical (unpaired) electrons. The van der Waals surface area contributed by atoms with Crippen molar-refractivity contribution in [2.75, 3.05) is 18.4 Å². The molecular weight excluding hydrogens is 278 g/mol. The Morgan fingerprint density at radius 1 is 1.23 bits per heavy atom.